The first-order valence-corrected chi connectivity index (χ1v) is 6.98. The fourth-order valence-electron chi connectivity index (χ4n) is 1.13. The number of carboxylic acid groups (broad SMARTS) is 1. The molecule has 0 atom stereocenters. The van der Waals surface area contributed by atoms with Crippen molar-refractivity contribution in [3.63, 3.8) is 0 Å². The number of H-pyrrole nitrogens is 1. The van der Waals surface area contributed by atoms with Gasteiger partial charge in [0.05, 0.1) is 5.56 Å². The van der Waals surface area contributed by atoms with Crippen LogP contribution >= 0.6 is 11.3 Å². The molecule has 2 rings (SSSR count). The molecule has 0 aliphatic heterocycles. The highest BCUT2D eigenvalue weighted by Crippen LogP contribution is 2.21. The van der Waals surface area contributed by atoms with Crippen LogP contribution < -0.4 is 4.72 Å². The fourth-order valence-corrected chi connectivity index (χ4v) is 3.23. The summed E-state index contributed by atoms with van der Waals surface area (Å²) in [5, 5.41) is 16.1. The Morgan fingerprint density at radius 1 is 1.56 bits per heavy atom. The van der Waals surface area contributed by atoms with Gasteiger partial charge in [-0.25, -0.2) is 17.9 Å². The number of aromatic nitrogens is 3. The van der Waals surface area contributed by atoms with Crippen LogP contribution in [0.15, 0.2) is 15.7 Å². The molecule has 2 aromatic heterocycles. The van der Waals surface area contributed by atoms with Crippen molar-refractivity contribution in [2.24, 2.45) is 0 Å². The Morgan fingerprint density at radius 3 is 2.78 bits per heavy atom. The maximum atomic E-state index is 11.9. The summed E-state index contributed by atoms with van der Waals surface area (Å²) in [6.45, 7) is 1.62. The van der Waals surface area contributed by atoms with E-state index in [1.165, 1.54) is 5.38 Å². The molecule has 3 N–H and O–H groups in total. The lowest BCUT2D eigenvalue weighted by molar-refractivity contribution is 0.0697. The van der Waals surface area contributed by atoms with Crippen molar-refractivity contribution in [3.05, 3.63) is 22.8 Å². The van der Waals surface area contributed by atoms with E-state index in [9.17, 15) is 13.2 Å². The summed E-state index contributed by atoms with van der Waals surface area (Å²) < 4.78 is 25.8. The highest BCUT2D eigenvalue weighted by Gasteiger charge is 2.20. The molecule has 0 aliphatic carbocycles. The topological polar surface area (TPSA) is 125 Å². The molecule has 0 fully saturated rings. The van der Waals surface area contributed by atoms with E-state index in [0.717, 1.165) is 17.4 Å². The number of carbonyl (C=O) groups is 1. The lowest BCUT2D eigenvalue weighted by Gasteiger charge is -2.00. The van der Waals surface area contributed by atoms with Crippen molar-refractivity contribution in [3.8, 4) is 0 Å². The van der Waals surface area contributed by atoms with Gasteiger partial charge in [-0.15, -0.1) is 16.4 Å². The van der Waals surface area contributed by atoms with Crippen LogP contribution in [0.5, 0.6) is 0 Å². The zero-order valence-corrected chi connectivity index (χ0v) is 10.7. The molecule has 0 aromatic carbocycles. The standard InChI is InChI=1S/C8H8N4O4S2/c1-4-9-8(11-10-4)12-18(15,16)6-2-5(3-17-6)7(13)14/h2-3H,1H3,(H,13,14)(H2,9,10,11,12). The molecule has 0 amide bonds. The number of hydrogen-bond acceptors (Lipinski definition) is 6. The average Bonchev–Trinajstić information content (AvgIpc) is 2.86. The smallest absolute Gasteiger partial charge is 0.336 e. The highest BCUT2D eigenvalue weighted by molar-refractivity contribution is 7.94. The Hall–Kier alpha value is -1.94. The number of thiophene rings is 1. The molecule has 2 heterocycles. The van der Waals surface area contributed by atoms with Crippen LogP contribution in [0.4, 0.5) is 5.95 Å². The molecule has 96 valence electrons. The first-order valence-electron chi connectivity index (χ1n) is 4.62. The van der Waals surface area contributed by atoms with Crippen molar-refractivity contribution in [2.45, 2.75) is 11.1 Å². The van der Waals surface area contributed by atoms with Crippen molar-refractivity contribution >= 4 is 33.3 Å². The summed E-state index contributed by atoms with van der Waals surface area (Å²) in [5.41, 5.74) is -0.0773. The van der Waals surface area contributed by atoms with Gasteiger partial charge in [0.25, 0.3) is 16.0 Å². The number of nitrogens with zero attached hydrogens (tertiary/aromatic N) is 2. The van der Waals surface area contributed by atoms with E-state index >= 15 is 0 Å². The van der Waals surface area contributed by atoms with E-state index in [2.05, 4.69) is 19.9 Å². The van der Waals surface area contributed by atoms with Crippen molar-refractivity contribution in [1.29, 1.82) is 0 Å². The Bertz CT molecular complexity index is 688. The summed E-state index contributed by atoms with van der Waals surface area (Å²) >= 11 is 0.814. The number of hydrogen-bond donors (Lipinski definition) is 3. The number of sulfonamides is 1. The van der Waals surface area contributed by atoms with E-state index in [0.29, 0.717) is 5.82 Å². The van der Waals surface area contributed by atoms with Crippen LogP contribution in [-0.2, 0) is 10.0 Å². The summed E-state index contributed by atoms with van der Waals surface area (Å²) in [4.78, 5) is 14.5. The Kier molecular flexibility index (Phi) is 3.05. The molecule has 2 aromatic rings. The number of carboxylic acids is 1. The van der Waals surface area contributed by atoms with Gasteiger partial charge in [0, 0.05) is 5.38 Å². The lowest BCUT2D eigenvalue weighted by Crippen LogP contribution is -2.12. The Balaban J connectivity index is 2.27. The first kappa shape index (κ1) is 12.5. The summed E-state index contributed by atoms with van der Waals surface area (Å²) in [6, 6.07) is 1.08. The molecule has 0 saturated heterocycles. The van der Waals surface area contributed by atoms with E-state index in [-0.39, 0.29) is 15.7 Å². The van der Waals surface area contributed by atoms with Crippen molar-refractivity contribution < 1.29 is 18.3 Å². The Morgan fingerprint density at radius 2 is 2.28 bits per heavy atom. The van der Waals surface area contributed by atoms with Crippen LogP contribution in [0.2, 0.25) is 0 Å². The van der Waals surface area contributed by atoms with Gasteiger partial charge in [-0.1, -0.05) is 0 Å². The number of aromatic carboxylic acids is 1. The van der Waals surface area contributed by atoms with Crippen LogP contribution in [0.25, 0.3) is 0 Å². The second-order valence-corrected chi connectivity index (χ2v) is 6.13. The first-order chi connectivity index (χ1) is 8.38. The number of anilines is 1. The minimum absolute atomic E-state index is 0.0773. The third-order valence-electron chi connectivity index (χ3n) is 1.91. The maximum absolute atomic E-state index is 11.9. The number of rotatable bonds is 4. The zero-order valence-electron chi connectivity index (χ0n) is 9.04. The summed E-state index contributed by atoms with van der Waals surface area (Å²) in [7, 11) is -3.85. The maximum Gasteiger partial charge on any atom is 0.336 e. The molecular formula is C8H8N4O4S2. The predicted molar refractivity (Wildman–Crippen MR) is 63.2 cm³/mol. The Labute approximate surface area is 106 Å². The second kappa shape index (κ2) is 4.38. The SMILES string of the molecule is Cc1nc(NS(=O)(=O)c2cc(C(=O)O)cs2)n[nH]1. The van der Waals surface area contributed by atoms with Gasteiger partial charge in [-0.05, 0) is 13.0 Å². The van der Waals surface area contributed by atoms with Gasteiger partial charge in [0.15, 0.2) is 0 Å². The van der Waals surface area contributed by atoms with Gasteiger partial charge < -0.3 is 5.11 Å². The zero-order chi connectivity index (χ0) is 13.3. The average molecular weight is 288 g/mol. The molecule has 0 unspecified atom stereocenters. The van der Waals surface area contributed by atoms with Gasteiger partial charge in [-0.2, -0.15) is 4.98 Å². The van der Waals surface area contributed by atoms with Crippen LogP contribution in [0.1, 0.15) is 16.2 Å². The van der Waals surface area contributed by atoms with E-state index in [4.69, 9.17) is 5.11 Å². The lowest BCUT2D eigenvalue weighted by atomic mass is 10.4. The highest BCUT2D eigenvalue weighted by atomic mass is 32.2. The minimum Gasteiger partial charge on any atom is -0.478 e. The monoisotopic (exact) mass is 288 g/mol. The second-order valence-electron chi connectivity index (χ2n) is 3.31. The minimum atomic E-state index is -3.85. The van der Waals surface area contributed by atoms with Gasteiger partial charge >= 0.3 is 5.97 Å². The predicted octanol–water partition coefficient (Wildman–Crippen LogP) is 0.674. The molecular weight excluding hydrogens is 280 g/mol. The molecule has 0 bridgehead atoms. The molecule has 8 nitrogen and oxygen atoms in total. The summed E-state index contributed by atoms with van der Waals surface area (Å²) in [6.07, 6.45) is 0. The van der Waals surface area contributed by atoms with Gasteiger partial charge in [0.2, 0.25) is 0 Å². The third-order valence-corrected chi connectivity index (χ3v) is 4.68. The van der Waals surface area contributed by atoms with Crippen LogP contribution in [0, 0.1) is 6.92 Å². The van der Waals surface area contributed by atoms with E-state index in [1.807, 2.05) is 0 Å². The van der Waals surface area contributed by atoms with Crippen molar-refractivity contribution in [2.75, 3.05) is 4.72 Å². The quantitative estimate of drug-likeness (QED) is 0.759. The van der Waals surface area contributed by atoms with Gasteiger partial charge in [0.1, 0.15) is 10.0 Å². The number of nitrogens with one attached hydrogen (secondary N) is 2. The molecule has 0 spiro atoms. The largest absolute Gasteiger partial charge is 0.478 e. The normalized spacial score (nSPS) is 11.4. The van der Waals surface area contributed by atoms with E-state index < -0.39 is 16.0 Å². The molecule has 10 heteroatoms. The van der Waals surface area contributed by atoms with Crippen LogP contribution in [-0.4, -0.2) is 34.7 Å². The van der Waals surface area contributed by atoms with Crippen LogP contribution in [0.3, 0.4) is 0 Å². The molecule has 18 heavy (non-hydrogen) atoms. The van der Waals surface area contributed by atoms with Crippen molar-refractivity contribution in [1.82, 2.24) is 15.2 Å². The summed E-state index contributed by atoms with van der Waals surface area (Å²) in [5.74, 6) is -0.802. The third kappa shape index (κ3) is 2.49. The molecule has 0 radical (unpaired) electrons. The molecule has 0 saturated carbocycles. The number of aromatic amines is 1. The fraction of sp³-hybridized carbons (Fsp3) is 0.125. The molecule has 0 aliphatic rings. The van der Waals surface area contributed by atoms with Gasteiger partial charge in [-0.3, -0.25) is 5.10 Å². The van der Waals surface area contributed by atoms with E-state index in [1.54, 1.807) is 6.92 Å². The number of aryl methyl sites for hydroxylation is 1.